The molecule has 0 saturated heterocycles. The standard InChI is InChI=1S/C27H29NO3/c1-2-22-18-25-26(31-16-15-30-25)19-23(22)24(17-21-11-7-4-8-12-21)28-27(29)14-13-20-9-5-3-6-10-20/h3-12,18-19,24H,2,13-17H2,1H3,(H,28,29)/t24-/m0/s1. The minimum atomic E-state index is -0.128. The van der Waals surface area contributed by atoms with Crippen molar-refractivity contribution in [3.63, 3.8) is 0 Å². The molecule has 0 radical (unpaired) electrons. The van der Waals surface area contributed by atoms with Crippen LogP contribution in [-0.2, 0) is 24.1 Å². The molecule has 0 unspecified atom stereocenters. The van der Waals surface area contributed by atoms with Gasteiger partial charge >= 0.3 is 0 Å². The summed E-state index contributed by atoms with van der Waals surface area (Å²) in [7, 11) is 0. The Kier molecular flexibility index (Phi) is 6.88. The van der Waals surface area contributed by atoms with Crippen molar-refractivity contribution in [3.05, 3.63) is 95.1 Å². The highest BCUT2D eigenvalue weighted by atomic mass is 16.6. The molecule has 0 aliphatic carbocycles. The number of amides is 1. The SMILES string of the molecule is CCc1cc2c(cc1[C@H](Cc1ccccc1)NC(=O)CCc1ccccc1)OCCO2. The maximum Gasteiger partial charge on any atom is 0.220 e. The van der Waals surface area contributed by atoms with E-state index in [0.29, 0.717) is 19.6 Å². The Balaban J connectivity index is 1.57. The molecule has 0 saturated carbocycles. The number of ether oxygens (including phenoxy) is 2. The summed E-state index contributed by atoms with van der Waals surface area (Å²) in [6.45, 7) is 3.25. The fourth-order valence-electron chi connectivity index (χ4n) is 4.03. The van der Waals surface area contributed by atoms with Gasteiger partial charge in [-0.2, -0.15) is 0 Å². The predicted octanol–water partition coefficient (Wildman–Crippen LogP) is 5.05. The zero-order valence-corrected chi connectivity index (χ0v) is 18.0. The number of fused-ring (bicyclic) bond motifs is 1. The second-order valence-electron chi connectivity index (χ2n) is 7.84. The molecule has 4 rings (SSSR count). The summed E-state index contributed by atoms with van der Waals surface area (Å²) in [5, 5.41) is 3.30. The fraction of sp³-hybridized carbons (Fsp3) is 0.296. The summed E-state index contributed by atoms with van der Waals surface area (Å²) < 4.78 is 11.6. The molecule has 31 heavy (non-hydrogen) atoms. The lowest BCUT2D eigenvalue weighted by atomic mass is 9.92. The normalized spacial score (nSPS) is 13.5. The number of aryl methyl sites for hydroxylation is 2. The number of carbonyl (C=O) groups is 1. The van der Waals surface area contributed by atoms with Gasteiger partial charge in [-0.25, -0.2) is 0 Å². The highest BCUT2D eigenvalue weighted by Gasteiger charge is 2.22. The van der Waals surface area contributed by atoms with Crippen LogP contribution in [0.5, 0.6) is 11.5 Å². The van der Waals surface area contributed by atoms with Gasteiger partial charge in [0.05, 0.1) is 6.04 Å². The van der Waals surface area contributed by atoms with Crippen LogP contribution >= 0.6 is 0 Å². The fourth-order valence-corrected chi connectivity index (χ4v) is 4.03. The maximum absolute atomic E-state index is 12.9. The second-order valence-corrected chi connectivity index (χ2v) is 7.84. The summed E-state index contributed by atoms with van der Waals surface area (Å²) >= 11 is 0. The third-order valence-corrected chi connectivity index (χ3v) is 5.66. The monoisotopic (exact) mass is 415 g/mol. The number of benzene rings is 3. The lowest BCUT2D eigenvalue weighted by molar-refractivity contribution is -0.121. The third kappa shape index (κ3) is 5.46. The van der Waals surface area contributed by atoms with E-state index in [4.69, 9.17) is 9.47 Å². The smallest absolute Gasteiger partial charge is 0.220 e. The Hall–Kier alpha value is -3.27. The Bertz CT molecular complexity index is 1000. The third-order valence-electron chi connectivity index (χ3n) is 5.66. The van der Waals surface area contributed by atoms with Gasteiger partial charge in [0.15, 0.2) is 11.5 Å². The lowest BCUT2D eigenvalue weighted by Gasteiger charge is -2.26. The molecule has 1 N–H and O–H groups in total. The van der Waals surface area contributed by atoms with Gasteiger partial charge < -0.3 is 14.8 Å². The molecule has 1 amide bonds. The van der Waals surface area contributed by atoms with E-state index in [2.05, 4.69) is 48.6 Å². The zero-order valence-electron chi connectivity index (χ0n) is 18.0. The zero-order chi connectivity index (χ0) is 21.5. The summed E-state index contributed by atoms with van der Waals surface area (Å²) in [5.74, 6) is 1.61. The van der Waals surface area contributed by atoms with Crippen molar-refractivity contribution >= 4 is 5.91 Å². The molecule has 0 aromatic heterocycles. The first-order chi connectivity index (χ1) is 15.2. The van der Waals surface area contributed by atoms with E-state index in [1.165, 1.54) is 16.7 Å². The van der Waals surface area contributed by atoms with Gasteiger partial charge in [-0.05, 0) is 53.6 Å². The van der Waals surface area contributed by atoms with Crippen molar-refractivity contribution in [2.75, 3.05) is 13.2 Å². The van der Waals surface area contributed by atoms with Crippen molar-refractivity contribution in [2.45, 2.75) is 38.6 Å². The summed E-state index contributed by atoms with van der Waals surface area (Å²) in [6, 6.07) is 24.4. The Morgan fingerprint density at radius 1 is 0.903 bits per heavy atom. The van der Waals surface area contributed by atoms with Crippen molar-refractivity contribution in [1.82, 2.24) is 5.32 Å². The molecule has 0 spiro atoms. The van der Waals surface area contributed by atoms with Gasteiger partial charge in [-0.1, -0.05) is 67.6 Å². The van der Waals surface area contributed by atoms with Gasteiger partial charge in [0.1, 0.15) is 13.2 Å². The van der Waals surface area contributed by atoms with E-state index >= 15 is 0 Å². The molecule has 4 nitrogen and oxygen atoms in total. The van der Waals surface area contributed by atoms with E-state index in [-0.39, 0.29) is 11.9 Å². The van der Waals surface area contributed by atoms with E-state index in [9.17, 15) is 4.79 Å². The first-order valence-corrected chi connectivity index (χ1v) is 11.0. The molecule has 1 heterocycles. The van der Waals surface area contributed by atoms with Crippen molar-refractivity contribution in [1.29, 1.82) is 0 Å². The quantitative estimate of drug-likeness (QED) is 0.560. The number of carbonyl (C=O) groups excluding carboxylic acids is 1. The van der Waals surface area contributed by atoms with Crippen LogP contribution < -0.4 is 14.8 Å². The molecular weight excluding hydrogens is 386 g/mol. The highest BCUT2D eigenvalue weighted by molar-refractivity contribution is 5.77. The summed E-state index contributed by atoms with van der Waals surface area (Å²) in [4.78, 5) is 12.9. The minimum absolute atomic E-state index is 0.0572. The lowest BCUT2D eigenvalue weighted by Crippen LogP contribution is -2.31. The van der Waals surface area contributed by atoms with Gasteiger partial charge in [-0.15, -0.1) is 0 Å². The van der Waals surface area contributed by atoms with Gasteiger partial charge in [-0.3, -0.25) is 4.79 Å². The molecule has 0 bridgehead atoms. The van der Waals surface area contributed by atoms with Crippen LogP contribution in [0.2, 0.25) is 0 Å². The molecule has 3 aromatic rings. The average molecular weight is 416 g/mol. The average Bonchev–Trinajstić information content (AvgIpc) is 2.83. The van der Waals surface area contributed by atoms with Gasteiger partial charge in [0, 0.05) is 6.42 Å². The first-order valence-electron chi connectivity index (χ1n) is 11.0. The number of hydrogen-bond donors (Lipinski definition) is 1. The molecule has 0 fully saturated rings. The van der Waals surface area contributed by atoms with E-state index in [0.717, 1.165) is 36.3 Å². The van der Waals surface area contributed by atoms with Crippen LogP contribution in [0, 0.1) is 0 Å². The summed E-state index contributed by atoms with van der Waals surface area (Å²) in [5.41, 5.74) is 4.64. The van der Waals surface area contributed by atoms with E-state index in [1.54, 1.807) is 0 Å². The molecule has 160 valence electrons. The first kappa shape index (κ1) is 21.0. The topological polar surface area (TPSA) is 47.6 Å². The molecule has 1 atom stereocenters. The van der Waals surface area contributed by atoms with Crippen LogP contribution in [0.3, 0.4) is 0 Å². The molecule has 3 aromatic carbocycles. The van der Waals surface area contributed by atoms with Crippen molar-refractivity contribution < 1.29 is 14.3 Å². The number of rotatable bonds is 8. The summed E-state index contributed by atoms with van der Waals surface area (Å²) in [6.07, 6.45) is 2.77. The van der Waals surface area contributed by atoms with Crippen LogP contribution in [0.4, 0.5) is 0 Å². The maximum atomic E-state index is 12.9. The Labute approximate surface area is 184 Å². The van der Waals surface area contributed by atoms with Crippen LogP contribution in [0.1, 0.15) is 41.6 Å². The Morgan fingerprint density at radius 2 is 1.52 bits per heavy atom. The van der Waals surface area contributed by atoms with Crippen molar-refractivity contribution in [2.24, 2.45) is 0 Å². The van der Waals surface area contributed by atoms with Crippen molar-refractivity contribution in [3.8, 4) is 11.5 Å². The molecule has 4 heteroatoms. The van der Waals surface area contributed by atoms with Crippen LogP contribution in [-0.4, -0.2) is 19.1 Å². The molecule has 1 aliphatic heterocycles. The minimum Gasteiger partial charge on any atom is -0.486 e. The highest BCUT2D eigenvalue weighted by Crippen LogP contribution is 2.36. The van der Waals surface area contributed by atoms with E-state index < -0.39 is 0 Å². The number of nitrogens with one attached hydrogen (secondary N) is 1. The molecular formula is C27H29NO3. The number of hydrogen-bond acceptors (Lipinski definition) is 3. The van der Waals surface area contributed by atoms with Gasteiger partial charge in [0.25, 0.3) is 0 Å². The molecule has 1 aliphatic rings. The van der Waals surface area contributed by atoms with E-state index in [1.807, 2.05) is 36.4 Å². The largest absolute Gasteiger partial charge is 0.486 e. The van der Waals surface area contributed by atoms with Crippen LogP contribution in [0.15, 0.2) is 72.8 Å². The Morgan fingerprint density at radius 3 is 2.16 bits per heavy atom. The predicted molar refractivity (Wildman–Crippen MR) is 123 cm³/mol. The van der Waals surface area contributed by atoms with Gasteiger partial charge in [0.2, 0.25) is 5.91 Å². The van der Waals surface area contributed by atoms with Crippen LogP contribution in [0.25, 0.3) is 0 Å². The second kappa shape index (κ2) is 10.2.